The Balaban J connectivity index is 1.46. The number of carbonyl (C=O) groups excluding carboxylic acids is 8. The van der Waals surface area contributed by atoms with Crippen LogP contribution in [0.3, 0.4) is 0 Å². The van der Waals surface area contributed by atoms with Gasteiger partial charge in [0.15, 0.2) is 18.0 Å². The molecule has 1 fully saturated rings. The first kappa shape index (κ1) is 44.0. The van der Waals surface area contributed by atoms with Crippen LogP contribution in [0.1, 0.15) is 75.6 Å². The zero-order chi connectivity index (χ0) is 43.7. The van der Waals surface area contributed by atoms with Gasteiger partial charge in [-0.25, -0.2) is 4.79 Å². The van der Waals surface area contributed by atoms with Gasteiger partial charge in [-0.3, -0.25) is 33.6 Å². The largest absolute Gasteiger partial charge is 0.484 e. The second-order valence-electron chi connectivity index (χ2n) is 13.3. The number of ketones is 1. The normalized spacial score (nSPS) is 20.7. The van der Waals surface area contributed by atoms with Gasteiger partial charge in [0.25, 0.3) is 0 Å². The van der Waals surface area contributed by atoms with E-state index in [1.807, 2.05) is 0 Å². The van der Waals surface area contributed by atoms with Gasteiger partial charge in [-0.05, 0) is 41.5 Å². The van der Waals surface area contributed by atoms with Crippen molar-refractivity contribution < 1.29 is 85.7 Å². The molecule has 6 atom stereocenters. The summed E-state index contributed by atoms with van der Waals surface area (Å²) in [5, 5.41) is 0. The molecule has 0 spiro atoms. The molecule has 0 aromatic heterocycles. The van der Waals surface area contributed by atoms with E-state index in [4.69, 9.17) is 47.4 Å². The number of esters is 7. The third kappa shape index (κ3) is 12.0. The summed E-state index contributed by atoms with van der Waals surface area (Å²) in [5.74, 6) is -5.63. The molecule has 0 unspecified atom stereocenters. The SMILES string of the molecule is CC(=O)Oc1ccc(/C=C/C(=O)OC[C@@H]2O[C@@H](Oc3cc(OC(C)=O)c4c(c3)O[C@H](c3ccc(OC(C)=O)cc3)CC4=O)[C@@H](OC(C)=O)[C@@H](OC(C)=O)[C@H]2OC(C)=O)cc1. The maximum absolute atomic E-state index is 13.6. The first-order chi connectivity index (χ1) is 28.4. The highest BCUT2D eigenvalue weighted by Gasteiger charge is 2.53. The van der Waals surface area contributed by atoms with Crippen LogP contribution in [0.25, 0.3) is 6.08 Å². The van der Waals surface area contributed by atoms with Gasteiger partial charge >= 0.3 is 41.8 Å². The van der Waals surface area contributed by atoms with E-state index in [1.54, 1.807) is 24.3 Å². The minimum absolute atomic E-state index is 0.0680. The Labute approximate surface area is 342 Å². The third-order valence-corrected chi connectivity index (χ3v) is 8.42. The Hall–Kier alpha value is -7.08. The fourth-order valence-corrected chi connectivity index (χ4v) is 6.21. The summed E-state index contributed by atoms with van der Waals surface area (Å²) in [4.78, 5) is 98.5. The van der Waals surface area contributed by atoms with Crippen molar-refractivity contribution in [3.63, 3.8) is 0 Å². The number of Topliss-reactive ketones (excluding diaryl/α,β-unsaturated/α-hetero) is 1. The first-order valence-electron chi connectivity index (χ1n) is 18.3. The zero-order valence-electron chi connectivity index (χ0n) is 33.2. The fraction of sp³-hybridized carbons (Fsp3) is 0.333. The Morgan fingerprint density at radius 2 is 1.20 bits per heavy atom. The van der Waals surface area contributed by atoms with E-state index in [2.05, 4.69) is 0 Å². The minimum atomic E-state index is -1.70. The smallest absolute Gasteiger partial charge is 0.330 e. The number of hydrogen-bond acceptors (Lipinski definition) is 18. The second kappa shape index (κ2) is 19.6. The Morgan fingerprint density at radius 1 is 0.650 bits per heavy atom. The summed E-state index contributed by atoms with van der Waals surface area (Å²) >= 11 is 0. The summed E-state index contributed by atoms with van der Waals surface area (Å²) in [6.07, 6.45) is -6.35. The van der Waals surface area contributed by atoms with Crippen molar-refractivity contribution in [2.24, 2.45) is 0 Å². The number of rotatable bonds is 13. The lowest BCUT2D eigenvalue weighted by atomic mass is 9.95. The number of hydrogen-bond donors (Lipinski definition) is 0. The molecule has 5 rings (SSSR count). The molecule has 1 saturated heterocycles. The van der Waals surface area contributed by atoms with Gasteiger partial charge in [-0.15, -0.1) is 0 Å². The van der Waals surface area contributed by atoms with Crippen molar-refractivity contribution in [1.82, 2.24) is 0 Å². The van der Waals surface area contributed by atoms with Crippen molar-refractivity contribution in [3.8, 4) is 28.7 Å². The van der Waals surface area contributed by atoms with Gasteiger partial charge < -0.3 is 47.4 Å². The first-order valence-corrected chi connectivity index (χ1v) is 18.3. The summed E-state index contributed by atoms with van der Waals surface area (Å²) in [7, 11) is 0. The van der Waals surface area contributed by atoms with Crippen molar-refractivity contribution >= 4 is 53.6 Å². The van der Waals surface area contributed by atoms with Crippen LogP contribution in [-0.4, -0.2) is 84.9 Å². The molecule has 3 aromatic rings. The molecule has 2 heterocycles. The van der Waals surface area contributed by atoms with Crippen molar-refractivity contribution in [2.75, 3.05) is 6.61 Å². The third-order valence-electron chi connectivity index (χ3n) is 8.42. The van der Waals surface area contributed by atoms with E-state index in [1.165, 1.54) is 56.3 Å². The molecule has 60 heavy (non-hydrogen) atoms. The standard InChI is InChI=1S/C42H40O18/c1-21(43)52-29-12-7-27(8-13-29)9-16-37(50)51-20-36-39(55-24(4)46)40(56-25(5)47)41(57-26(6)48)42(60-36)58-31-17-34(54-23(3)45)38-32(49)19-33(59-35(38)18-31)28-10-14-30(15-11-28)53-22(2)44/h7-18,33,36,39-42H,19-20H2,1-6H3/b16-9+/t33-,36-,39-,40-,41-,42+/m0/s1. The highest BCUT2D eigenvalue weighted by Crippen LogP contribution is 2.44. The van der Waals surface area contributed by atoms with Gasteiger partial charge in [-0.1, -0.05) is 24.3 Å². The molecule has 3 aromatic carbocycles. The predicted molar refractivity (Wildman–Crippen MR) is 202 cm³/mol. The Bertz CT molecular complexity index is 2170. The second-order valence-corrected chi connectivity index (χ2v) is 13.3. The summed E-state index contributed by atoms with van der Waals surface area (Å²) in [5.41, 5.74) is 1.02. The summed E-state index contributed by atoms with van der Waals surface area (Å²) < 4.78 is 56.0. The number of benzene rings is 3. The molecule has 2 aliphatic heterocycles. The summed E-state index contributed by atoms with van der Waals surface area (Å²) in [6, 6.07) is 15.0. The van der Waals surface area contributed by atoms with Crippen LogP contribution < -0.4 is 23.7 Å². The maximum atomic E-state index is 13.6. The molecule has 0 radical (unpaired) electrons. The van der Waals surface area contributed by atoms with E-state index in [9.17, 15) is 38.4 Å². The molecule has 18 nitrogen and oxygen atoms in total. The van der Waals surface area contributed by atoms with Crippen LogP contribution in [0, 0.1) is 0 Å². The highest BCUT2D eigenvalue weighted by atomic mass is 16.7. The molecule has 2 aliphatic rings. The molecule has 18 heteroatoms. The lowest BCUT2D eigenvalue weighted by Crippen LogP contribution is -2.63. The molecule has 0 bridgehead atoms. The van der Waals surface area contributed by atoms with Crippen molar-refractivity contribution in [3.05, 3.63) is 83.4 Å². The van der Waals surface area contributed by atoms with Crippen LogP contribution in [0.4, 0.5) is 0 Å². The number of fused-ring (bicyclic) bond motifs is 1. The van der Waals surface area contributed by atoms with E-state index in [-0.39, 0.29) is 35.0 Å². The monoisotopic (exact) mass is 832 g/mol. The van der Waals surface area contributed by atoms with Crippen LogP contribution in [-0.2, 0) is 57.2 Å². The molecular formula is C42H40O18. The van der Waals surface area contributed by atoms with Crippen LogP contribution in [0.2, 0.25) is 0 Å². The minimum Gasteiger partial charge on any atom is -0.484 e. The Kier molecular flexibility index (Phi) is 14.4. The molecular weight excluding hydrogens is 792 g/mol. The van der Waals surface area contributed by atoms with Gasteiger partial charge in [0, 0.05) is 59.8 Å². The number of carbonyl (C=O) groups is 8. The van der Waals surface area contributed by atoms with E-state index >= 15 is 0 Å². The lowest BCUT2D eigenvalue weighted by molar-refractivity contribution is -0.288. The van der Waals surface area contributed by atoms with E-state index in [0.29, 0.717) is 16.9 Å². The molecule has 0 aliphatic carbocycles. The van der Waals surface area contributed by atoms with E-state index in [0.717, 1.165) is 33.8 Å². The highest BCUT2D eigenvalue weighted by molar-refractivity contribution is 6.03. The Morgan fingerprint density at radius 3 is 1.77 bits per heavy atom. The number of ether oxygens (including phenoxy) is 10. The molecule has 0 amide bonds. The zero-order valence-corrected chi connectivity index (χ0v) is 33.2. The molecule has 0 N–H and O–H groups in total. The van der Waals surface area contributed by atoms with Gasteiger partial charge in [0.1, 0.15) is 53.1 Å². The van der Waals surface area contributed by atoms with Crippen LogP contribution in [0.5, 0.6) is 28.7 Å². The van der Waals surface area contributed by atoms with Crippen molar-refractivity contribution in [1.29, 1.82) is 0 Å². The summed E-state index contributed by atoms with van der Waals surface area (Å²) in [6.45, 7) is 6.19. The fourth-order valence-electron chi connectivity index (χ4n) is 6.21. The molecule has 316 valence electrons. The quantitative estimate of drug-likeness (QED) is 0.101. The van der Waals surface area contributed by atoms with Crippen LogP contribution >= 0.6 is 0 Å². The maximum Gasteiger partial charge on any atom is 0.330 e. The topological polar surface area (TPSA) is 229 Å². The lowest BCUT2D eigenvalue weighted by Gasteiger charge is -2.44. The average Bonchev–Trinajstić information content (AvgIpc) is 3.15. The average molecular weight is 833 g/mol. The van der Waals surface area contributed by atoms with E-state index < -0.39 is 91.0 Å². The van der Waals surface area contributed by atoms with Gasteiger partial charge in [0.05, 0.1) is 6.42 Å². The molecule has 0 saturated carbocycles. The van der Waals surface area contributed by atoms with Gasteiger partial charge in [-0.2, -0.15) is 0 Å². The van der Waals surface area contributed by atoms with Gasteiger partial charge in [0.2, 0.25) is 12.4 Å². The van der Waals surface area contributed by atoms with Crippen LogP contribution in [0.15, 0.2) is 66.7 Å². The van der Waals surface area contributed by atoms with Crippen molar-refractivity contribution in [2.45, 2.75) is 84.8 Å². The predicted octanol–water partition coefficient (Wildman–Crippen LogP) is 4.32.